The summed E-state index contributed by atoms with van der Waals surface area (Å²) >= 11 is 0. The Kier molecular flexibility index (Phi) is 5.46. The van der Waals surface area contributed by atoms with Crippen LogP contribution in [0.1, 0.15) is 50.8 Å². The second-order valence-corrected chi connectivity index (χ2v) is 6.35. The minimum absolute atomic E-state index is 0.135. The zero-order chi connectivity index (χ0) is 16.8. The van der Waals surface area contributed by atoms with Crippen LogP contribution in [0.3, 0.4) is 0 Å². The predicted octanol–water partition coefficient (Wildman–Crippen LogP) is 4.28. The van der Waals surface area contributed by atoms with Gasteiger partial charge >= 0.3 is 6.03 Å². The number of aromatic nitrogens is 2. The van der Waals surface area contributed by atoms with Crippen LogP contribution in [0.2, 0.25) is 0 Å². The summed E-state index contributed by atoms with van der Waals surface area (Å²) in [5.41, 5.74) is 1.61. The number of carbonyl (C=O) groups is 1. The number of amides is 2. The number of hydrogen-bond acceptors (Lipinski definition) is 4. The molecule has 128 valence electrons. The molecule has 1 saturated carbocycles. The van der Waals surface area contributed by atoms with E-state index in [1.165, 1.54) is 32.1 Å². The van der Waals surface area contributed by atoms with Crippen LogP contribution in [-0.4, -0.2) is 22.2 Å². The van der Waals surface area contributed by atoms with Crippen molar-refractivity contribution in [3.8, 4) is 11.4 Å². The lowest BCUT2D eigenvalue weighted by molar-refractivity contribution is 0.245. The van der Waals surface area contributed by atoms with Gasteiger partial charge in [0.25, 0.3) is 0 Å². The SMILES string of the molecule is Cc1nc(-c2ccc(NC(=O)NC3CCCCCCC3)cc2)no1. The molecule has 1 aliphatic carbocycles. The largest absolute Gasteiger partial charge is 0.339 e. The van der Waals surface area contributed by atoms with Crippen LogP contribution in [-0.2, 0) is 0 Å². The maximum absolute atomic E-state index is 12.2. The van der Waals surface area contributed by atoms with Gasteiger partial charge in [0, 0.05) is 24.2 Å². The first-order valence-electron chi connectivity index (χ1n) is 8.69. The Balaban J connectivity index is 1.54. The lowest BCUT2D eigenvalue weighted by Gasteiger charge is -2.21. The summed E-state index contributed by atoms with van der Waals surface area (Å²) in [4.78, 5) is 16.4. The highest BCUT2D eigenvalue weighted by atomic mass is 16.5. The maximum atomic E-state index is 12.2. The normalized spacial score (nSPS) is 16.2. The Labute approximate surface area is 142 Å². The van der Waals surface area contributed by atoms with E-state index in [2.05, 4.69) is 20.8 Å². The molecule has 1 aromatic heterocycles. The molecule has 0 unspecified atom stereocenters. The van der Waals surface area contributed by atoms with Crippen LogP contribution in [0.5, 0.6) is 0 Å². The van der Waals surface area contributed by atoms with Crippen molar-refractivity contribution in [3.05, 3.63) is 30.2 Å². The first-order valence-corrected chi connectivity index (χ1v) is 8.69. The number of anilines is 1. The van der Waals surface area contributed by atoms with Crippen molar-refractivity contribution >= 4 is 11.7 Å². The standard InChI is InChI=1S/C18H24N4O2/c1-13-19-17(22-24-13)14-9-11-16(12-10-14)21-18(23)20-15-7-5-3-2-4-6-8-15/h9-12,15H,2-8H2,1H3,(H2,20,21,23). The molecule has 1 aliphatic rings. The van der Waals surface area contributed by atoms with Gasteiger partial charge < -0.3 is 15.2 Å². The quantitative estimate of drug-likeness (QED) is 0.881. The first-order chi connectivity index (χ1) is 11.7. The topological polar surface area (TPSA) is 80.0 Å². The van der Waals surface area contributed by atoms with Crippen molar-refractivity contribution in [2.45, 2.75) is 57.9 Å². The summed E-state index contributed by atoms with van der Waals surface area (Å²) < 4.78 is 4.98. The fraction of sp³-hybridized carbons (Fsp3) is 0.500. The lowest BCUT2D eigenvalue weighted by Crippen LogP contribution is -2.38. The summed E-state index contributed by atoms with van der Waals surface area (Å²) in [6.07, 6.45) is 8.42. The number of nitrogens with zero attached hydrogens (tertiary/aromatic N) is 2. The molecule has 0 radical (unpaired) electrons. The van der Waals surface area contributed by atoms with Gasteiger partial charge in [0.05, 0.1) is 0 Å². The smallest absolute Gasteiger partial charge is 0.319 e. The molecular formula is C18H24N4O2. The summed E-state index contributed by atoms with van der Waals surface area (Å²) in [5, 5.41) is 9.87. The Morgan fingerprint density at radius 1 is 1.08 bits per heavy atom. The molecule has 1 aromatic carbocycles. The minimum Gasteiger partial charge on any atom is -0.339 e. The molecule has 6 heteroatoms. The van der Waals surface area contributed by atoms with Crippen LogP contribution in [0.15, 0.2) is 28.8 Å². The van der Waals surface area contributed by atoms with Gasteiger partial charge in [-0.15, -0.1) is 0 Å². The number of benzene rings is 1. The molecule has 0 atom stereocenters. The van der Waals surface area contributed by atoms with Crippen LogP contribution in [0.25, 0.3) is 11.4 Å². The molecule has 2 amide bonds. The molecule has 0 spiro atoms. The third kappa shape index (κ3) is 4.57. The van der Waals surface area contributed by atoms with E-state index in [9.17, 15) is 4.79 Å². The molecule has 2 N–H and O–H groups in total. The van der Waals surface area contributed by atoms with Crippen LogP contribution < -0.4 is 10.6 Å². The molecule has 1 heterocycles. The van der Waals surface area contributed by atoms with E-state index in [1.54, 1.807) is 6.92 Å². The Hall–Kier alpha value is -2.37. The molecule has 0 aliphatic heterocycles. The average molecular weight is 328 g/mol. The summed E-state index contributed by atoms with van der Waals surface area (Å²) in [7, 11) is 0. The Morgan fingerprint density at radius 3 is 2.38 bits per heavy atom. The fourth-order valence-electron chi connectivity index (χ4n) is 3.07. The van der Waals surface area contributed by atoms with Gasteiger partial charge in [-0.1, -0.05) is 37.3 Å². The third-order valence-electron chi connectivity index (χ3n) is 4.37. The highest BCUT2D eigenvalue weighted by Crippen LogP contribution is 2.19. The molecular weight excluding hydrogens is 304 g/mol. The highest BCUT2D eigenvalue weighted by molar-refractivity contribution is 5.89. The van der Waals surface area contributed by atoms with E-state index in [-0.39, 0.29) is 12.1 Å². The van der Waals surface area contributed by atoms with E-state index < -0.39 is 0 Å². The highest BCUT2D eigenvalue weighted by Gasteiger charge is 2.14. The van der Waals surface area contributed by atoms with Crippen LogP contribution in [0, 0.1) is 6.92 Å². The van der Waals surface area contributed by atoms with Crippen LogP contribution >= 0.6 is 0 Å². The van der Waals surface area contributed by atoms with Crippen molar-refractivity contribution < 1.29 is 9.32 Å². The monoisotopic (exact) mass is 328 g/mol. The predicted molar refractivity (Wildman–Crippen MR) is 92.7 cm³/mol. The first kappa shape index (κ1) is 16.5. The van der Waals surface area contributed by atoms with Crippen LogP contribution in [0.4, 0.5) is 10.5 Å². The Bertz CT molecular complexity index is 658. The zero-order valence-corrected chi connectivity index (χ0v) is 14.0. The number of hydrogen-bond donors (Lipinski definition) is 2. The average Bonchev–Trinajstić information content (AvgIpc) is 2.97. The fourth-order valence-corrected chi connectivity index (χ4v) is 3.07. The van der Waals surface area contributed by atoms with Gasteiger partial charge in [0.2, 0.25) is 11.7 Å². The lowest BCUT2D eigenvalue weighted by atomic mass is 9.97. The molecule has 3 rings (SSSR count). The summed E-state index contributed by atoms with van der Waals surface area (Å²) in [5.74, 6) is 1.09. The third-order valence-corrected chi connectivity index (χ3v) is 4.37. The van der Waals surface area contributed by atoms with Gasteiger partial charge in [0.1, 0.15) is 0 Å². The Morgan fingerprint density at radius 2 is 1.75 bits per heavy atom. The van der Waals surface area contributed by atoms with Crippen molar-refractivity contribution in [2.24, 2.45) is 0 Å². The molecule has 24 heavy (non-hydrogen) atoms. The molecule has 0 bridgehead atoms. The molecule has 1 fully saturated rings. The summed E-state index contributed by atoms with van der Waals surface area (Å²) in [6, 6.07) is 7.58. The number of aryl methyl sites for hydroxylation is 1. The van der Waals surface area contributed by atoms with Gasteiger partial charge in [-0.05, 0) is 37.1 Å². The van der Waals surface area contributed by atoms with Crippen molar-refractivity contribution in [1.29, 1.82) is 0 Å². The minimum atomic E-state index is -0.135. The van der Waals surface area contributed by atoms with E-state index in [0.717, 1.165) is 24.1 Å². The van der Waals surface area contributed by atoms with Gasteiger partial charge in [-0.25, -0.2) is 4.79 Å². The van der Waals surface area contributed by atoms with Crippen molar-refractivity contribution in [1.82, 2.24) is 15.5 Å². The number of rotatable bonds is 3. The zero-order valence-electron chi connectivity index (χ0n) is 14.0. The molecule has 2 aromatic rings. The van der Waals surface area contributed by atoms with Gasteiger partial charge in [0.15, 0.2) is 0 Å². The van der Waals surface area contributed by atoms with Crippen molar-refractivity contribution in [3.63, 3.8) is 0 Å². The second kappa shape index (κ2) is 7.95. The number of nitrogens with one attached hydrogen (secondary N) is 2. The number of urea groups is 1. The summed E-state index contributed by atoms with van der Waals surface area (Å²) in [6.45, 7) is 1.76. The number of carbonyl (C=O) groups excluding carboxylic acids is 1. The van der Waals surface area contributed by atoms with E-state index in [0.29, 0.717) is 11.7 Å². The van der Waals surface area contributed by atoms with Crippen molar-refractivity contribution in [2.75, 3.05) is 5.32 Å². The van der Waals surface area contributed by atoms with E-state index in [4.69, 9.17) is 4.52 Å². The second-order valence-electron chi connectivity index (χ2n) is 6.35. The molecule has 6 nitrogen and oxygen atoms in total. The van der Waals surface area contributed by atoms with E-state index >= 15 is 0 Å². The molecule has 0 saturated heterocycles. The van der Waals surface area contributed by atoms with E-state index in [1.807, 2.05) is 24.3 Å². The van der Waals surface area contributed by atoms with Gasteiger partial charge in [-0.2, -0.15) is 4.98 Å². The maximum Gasteiger partial charge on any atom is 0.319 e. The van der Waals surface area contributed by atoms with Gasteiger partial charge in [-0.3, -0.25) is 0 Å².